The molecule has 0 amide bonds. The minimum absolute atomic E-state index is 0.321. The topological polar surface area (TPSA) is 39.2 Å². The van der Waals surface area contributed by atoms with E-state index in [1.54, 1.807) is 26.1 Å². The lowest BCUT2D eigenvalue weighted by Gasteiger charge is -1.99. The summed E-state index contributed by atoms with van der Waals surface area (Å²) in [5.74, 6) is -0.321. The molecule has 0 saturated heterocycles. The maximum Gasteiger partial charge on any atom is 0.333 e. The Morgan fingerprint density at radius 2 is 2.50 bits per heavy atom. The first-order valence-corrected chi connectivity index (χ1v) is 5.29. The predicted molar refractivity (Wildman–Crippen MR) is 57.4 cm³/mol. The molecule has 0 aliphatic heterocycles. The molecule has 76 valence electrons. The molecule has 0 N–H and O–H groups in total. The van der Waals surface area contributed by atoms with Crippen LogP contribution in [0.2, 0.25) is 4.34 Å². The lowest BCUT2D eigenvalue weighted by molar-refractivity contribution is -0.138. The maximum absolute atomic E-state index is 11.2. The Kier molecular flexibility index (Phi) is 4.10. The van der Waals surface area contributed by atoms with Crippen LogP contribution in [0.1, 0.15) is 18.9 Å². The fraction of sp³-hybridized carbons (Fsp3) is 0.333. The Morgan fingerprint density at radius 3 is 3.00 bits per heavy atom. The Labute approximate surface area is 91.4 Å². The summed E-state index contributed by atoms with van der Waals surface area (Å²) in [6.07, 6.45) is 3.21. The number of nitrogens with zero attached hydrogens (tertiary/aromatic N) is 1. The molecular weight excluding hydrogens is 222 g/mol. The molecule has 0 radical (unpaired) electrons. The van der Waals surface area contributed by atoms with Gasteiger partial charge in [0, 0.05) is 5.57 Å². The first kappa shape index (κ1) is 11.2. The zero-order chi connectivity index (χ0) is 10.6. The van der Waals surface area contributed by atoms with Gasteiger partial charge >= 0.3 is 5.97 Å². The lowest BCUT2D eigenvalue weighted by Crippen LogP contribution is -2.04. The summed E-state index contributed by atoms with van der Waals surface area (Å²) in [5, 5.41) is 0.709. The van der Waals surface area contributed by atoms with Crippen molar-refractivity contribution in [2.75, 3.05) is 6.61 Å². The molecular formula is C9H10ClNO2S. The van der Waals surface area contributed by atoms with E-state index in [0.717, 1.165) is 0 Å². The average molecular weight is 232 g/mol. The highest BCUT2D eigenvalue weighted by Crippen LogP contribution is 2.20. The predicted octanol–water partition coefficient (Wildman–Crippen LogP) is 2.76. The number of carbonyl (C=O) groups is 1. The van der Waals surface area contributed by atoms with Gasteiger partial charge in [0.05, 0.1) is 12.8 Å². The zero-order valence-electron chi connectivity index (χ0n) is 7.91. The highest BCUT2D eigenvalue weighted by Gasteiger charge is 2.05. The standard InChI is InChI=1S/C9H10ClNO2S/c1-3-13-9(12)6(2)4-8-11-5-7(10)14-8/h4-5H,3H2,1-2H3/b6-4+. The van der Waals surface area contributed by atoms with Crippen LogP contribution in [0.15, 0.2) is 11.8 Å². The summed E-state index contributed by atoms with van der Waals surface area (Å²) in [4.78, 5) is 15.2. The molecule has 0 fully saturated rings. The number of thiazole rings is 1. The van der Waals surface area contributed by atoms with E-state index >= 15 is 0 Å². The van der Waals surface area contributed by atoms with Crippen molar-refractivity contribution < 1.29 is 9.53 Å². The summed E-state index contributed by atoms with van der Waals surface area (Å²) in [5.41, 5.74) is 0.526. The second-order valence-corrected chi connectivity index (χ2v) is 4.24. The summed E-state index contributed by atoms with van der Waals surface area (Å²) in [7, 11) is 0. The second-order valence-electron chi connectivity index (χ2n) is 2.55. The molecule has 1 aromatic heterocycles. The van der Waals surface area contributed by atoms with E-state index in [9.17, 15) is 4.79 Å². The Morgan fingerprint density at radius 1 is 1.79 bits per heavy atom. The van der Waals surface area contributed by atoms with E-state index in [4.69, 9.17) is 16.3 Å². The van der Waals surface area contributed by atoms with E-state index in [2.05, 4.69) is 4.98 Å². The molecule has 0 aliphatic carbocycles. The molecule has 0 aromatic carbocycles. The highest BCUT2D eigenvalue weighted by atomic mass is 35.5. The van der Waals surface area contributed by atoms with E-state index in [0.29, 0.717) is 21.5 Å². The van der Waals surface area contributed by atoms with Crippen molar-refractivity contribution in [2.24, 2.45) is 0 Å². The molecule has 0 saturated carbocycles. The van der Waals surface area contributed by atoms with E-state index < -0.39 is 0 Å². The van der Waals surface area contributed by atoms with Crippen molar-refractivity contribution in [3.63, 3.8) is 0 Å². The highest BCUT2D eigenvalue weighted by molar-refractivity contribution is 7.16. The first-order chi connectivity index (χ1) is 6.63. The van der Waals surface area contributed by atoms with E-state index in [1.165, 1.54) is 11.3 Å². The first-order valence-electron chi connectivity index (χ1n) is 4.10. The fourth-order valence-corrected chi connectivity index (χ4v) is 1.76. The van der Waals surface area contributed by atoms with Gasteiger partial charge in [0.25, 0.3) is 0 Å². The Bertz CT molecular complexity index is 359. The largest absolute Gasteiger partial charge is 0.463 e. The Balaban J connectivity index is 2.73. The van der Waals surface area contributed by atoms with Crippen molar-refractivity contribution in [3.8, 4) is 0 Å². The molecule has 1 aromatic rings. The van der Waals surface area contributed by atoms with E-state index in [1.807, 2.05) is 0 Å². The van der Waals surface area contributed by atoms with Crippen molar-refractivity contribution in [3.05, 3.63) is 21.1 Å². The van der Waals surface area contributed by atoms with Gasteiger partial charge in [-0.2, -0.15) is 0 Å². The third-order valence-corrected chi connectivity index (χ3v) is 2.49. The number of hydrogen-bond acceptors (Lipinski definition) is 4. The van der Waals surface area contributed by atoms with Crippen LogP contribution in [-0.4, -0.2) is 17.6 Å². The summed E-state index contributed by atoms with van der Waals surface area (Å²) >= 11 is 7.02. The summed E-state index contributed by atoms with van der Waals surface area (Å²) in [6, 6.07) is 0. The normalized spacial score (nSPS) is 11.5. The number of aromatic nitrogens is 1. The van der Waals surface area contributed by atoms with Gasteiger partial charge in [-0.3, -0.25) is 0 Å². The molecule has 5 heteroatoms. The van der Waals surface area contributed by atoms with Gasteiger partial charge in [-0.15, -0.1) is 11.3 Å². The third kappa shape index (κ3) is 3.12. The van der Waals surface area contributed by atoms with Crippen LogP contribution in [-0.2, 0) is 9.53 Å². The quantitative estimate of drug-likeness (QED) is 0.593. The molecule has 1 rings (SSSR count). The fourth-order valence-electron chi connectivity index (χ4n) is 0.823. The van der Waals surface area contributed by atoms with Gasteiger partial charge in [0.2, 0.25) is 0 Å². The number of carbonyl (C=O) groups excluding carboxylic acids is 1. The third-order valence-electron chi connectivity index (χ3n) is 1.43. The van der Waals surface area contributed by atoms with Crippen LogP contribution in [0, 0.1) is 0 Å². The van der Waals surface area contributed by atoms with Crippen LogP contribution >= 0.6 is 22.9 Å². The molecule has 0 spiro atoms. The molecule has 0 unspecified atom stereocenters. The van der Waals surface area contributed by atoms with Crippen molar-refractivity contribution in [1.29, 1.82) is 0 Å². The molecule has 14 heavy (non-hydrogen) atoms. The minimum Gasteiger partial charge on any atom is -0.463 e. The van der Waals surface area contributed by atoms with Gasteiger partial charge in [-0.05, 0) is 19.9 Å². The van der Waals surface area contributed by atoms with Crippen LogP contribution in [0.5, 0.6) is 0 Å². The van der Waals surface area contributed by atoms with Crippen LogP contribution in [0.25, 0.3) is 6.08 Å². The smallest absolute Gasteiger partial charge is 0.333 e. The van der Waals surface area contributed by atoms with Crippen LogP contribution in [0.3, 0.4) is 0 Å². The van der Waals surface area contributed by atoms with Crippen molar-refractivity contribution in [2.45, 2.75) is 13.8 Å². The minimum atomic E-state index is -0.321. The molecule has 0 aliphatic rings. The van der Waals surface area contributed by atoms with Gasteiger partial charge < -0.3 is 4.74 Å². The van der Waals surface area contributed by atoms with Gasteiger partial charge in [-0.25, -0.2) is 9.78 Å². The van der Waals surface area contributed by atoms with Crippen LogP contribution in [0.4, 0.5) is 0 Å². The van der Waals surface area contributed by atoms with Gasteiger partial charge in [0.1, 0.15) is 9.34 Å². The number of rotatable bonds is 3. The summed E-state index contributed by atoms with van der Waals surface area (Å²) < 4.78 is 5.42. The van der Waals surface area contributed by atoms with Crippen LogP contribution < -0.4 is 0 Å². The molecule has 1 heterocycles. The molecule has 3 nitrogen and oxygen atoms in total. The molecule has 0 bridgehead atoms. The number of esters is 1. The van der Waals surface area contributed by atoms with Gasteiger partial charge in [0.15, 0.2) is 0 Å². The average Bonchev–Trinajstić information content (AvgIpc) is 2.51. The summed E-state index contributed by atoms with van der Waals surface area (Å²) in [6.45, 7) is 3.83. The Hall–Kier alpha value is -0.870. The van der Waals surface area contributed by atoms with Gasteiger partial charge in [-0.1, -0.05) is 11.6 Å². The van der Waals surface area contributed by atoms with E-state index in [-0.39, 0.29) is 5.97 Å². The SMILES string of the molecule is CCOC(=O)/C(C)=C/c1ncc(Cl)s1. The number of halogens is 1. The maximum atomic E-state index is 11.2. The molecule has 0 atom stereocenters. The van der Waals surface area contributed by atoms with Crippen molar-refractivity contribution >= 4 is 35.0 Å². The number of ether oxygens (including phenoxy) is 1. The van der Waals surface area contributed by atoms with Crippen molar-refractivity contribution in [1.82, 2.24) is 4.98 Å². The second kappa shape index (κ2) is 5.12. The monoisotopic (exact) mass is 231 g/mol. The number of hydrogen-bond donors (Lipinski definition) is 0. The lowest BCUT2D eigenvalue weighted by atomic mass is 10.3. The zero-order valence-corrected chi connectivity index (χ0v) is 9.48.